The predicted octanol–water partition coefficient (Wildman–Crippen LogP) is 4.31. The number of carbonyl (C=O) groups excluding carboxylic acids is 1. The summed E-state index contributed by atoms with van der Waals surface area (Å²) >= 11 is 0. The lowest BCUT2D eigenvalue weighted by atomic mass is 9.88. The van der Waals surface area contributed by atoms with Crippen molar-refractivity contribution < 1.29 is 13.2 Å². The molecular formula is C27H38N4O3S. The quantitative estimate of drug-likeness (QED) is 0.538. The number of fused-ring (bicyclic) bond motifs is 1. The molecule has 2 aromatic rings. The summed E-state index contributed by atoms with van der Waals surface area (Å²) in [6, 6.07) is 13.1. The van der Waals surface area contributed by atoms with Crippen LogP contribution in [0.4, 0.5) is 11.4 Å². The van der Waals surface area contributed by atoms with Gasteiger partial charge in [-0.05, 0) is 61.6 Å². The molecule has 1 atom stereocenters. The Kier molecular flexibility index (Phi) is 8.46. The first kappa shape index (κ1) is 25.7. The molecular weight excluding hydrogens is 460 g/mol. The number of aryl methyl sites for hydroxylation is 1. The second kappa shape index (κ2) is 11.5. The zero-order valence-electron chi connectivity index (χ0n) is 20.9. The fraction of sp³-hybridized carbons (Fsp3) is 0.519. The van der Waals surface area contributed by atoms with Gasteiger partial charge >= 0.3 is 0 Å². The maximum Gasteiger partial charge on any atom is 0.243 e. The first-order valence-electron chi connectivity index (χ1n) is 12.9. The standard InChI is InChI=1S/C27H38N4O3S/c1-3-5-13-27(32)28-22-14-15-25(31-18-16-30(4-2)17-19-31)26(20-22)35(33,34)29-24-12-8-10-21-9-6-7-11-23(21)24/h6-7,9,11,14-15,20,24,29H,3-5,8,10,12-13,16-19H2,1-2H3,(H,28,32). The molecule has 1 aliphatic carbocycles. The van der Waals surface area contributed by atoms with Crippen LogP contribution in [0.1, 0.15) is 63.1 Å². The lowest BCUT2D eigenvalue weighted by Crippen LogP contribution is -2.46. The summed E-state index contributed by atoms with van der Waals surface area (Å²) in [5, 5.41) is 2.90. The van der Waals surface area contributed by atoms with E-state index in [-0.39, 0.29) is 16.8 Å². The van der Waals surface area contributed by atoms with E-state index < -0.39 is 10.0 Å². The molecule has 0 radical (unpaired) electrons. The maximum absolute atomic E-state index is 13.8. The van der Waals surface area contributed by atoms with Crippen LogP contribution in [-0.4, -0.2) is 51.9 Å². The van der Waals surface area contributed by atoms with Crippen molar-refractivity contribution in [3.8, 4) is 0 Å². The van der Waals surface area contributed by atoms with Crippen LogP contribution in [0.5, 0.6) is 0 Å². The van der Waals surface area contributed by atoms with Gasteiger partial charge in [-0.15, -0.1) is 0 Å². The highest BCUT2D eigenvalue weighted by Gasteiger charge is 2.30. The molecule has 0 saturated carbocycles. The van der Waals surface area contributed by atoms with Crippen LogP contribution in [0.3, 0.4) is 0 Å². The number of nitrogens with zero attached hydrogens (tertiary/aromatic N) is 2. The van der Waals surface area contributed by atoms with Crippen LogP contribution in [0, 0.1) is 0 Å². The van der Waals surface area contributed by atoms with E-state index in [0.29, 0.717) is 17.8 Å². The number of piperazine rings is 1. The van der Waals surface area contributed by atoms with Crippen LogP contribution in [0.15, 0.2) is 47.4 Å². The lowest BCUT2D eigenvalue weighted by molar-refractivity contribution is -0.116. The SMILES string of the molecule is CCCCC(=O)Nc1ccc(N2CCN(CC)CC2)c(S(=O)(=O)NC2CCCc3ccccc32)c1. The Morgan fingerprint density at radius 2 is 1.83 bits per heavy atom. The van der Waals surface area contributed by atoms with Gasteiger partial charge in [0.15, 0.2) is 0 Å². The van der Waals surface area contributed by atoms with Gasteiger partial charge in [0.25, 0.3) is 0 Å². The Hall–Kier alpha value is -2.42. The van der Waals surface area contributed by atoms with Gasteiger partial charge in [-0.1, -0.05) is 44.5 Å². The molecule has 190 valence electrons. The molecule has 2 aromatic carbocycles. The summed E-state index contributed by atoms with van der Waals surface area (Å²) in [4.78, 5) is 17.1. The van der Waals surface area contributed by atoms with Crippen LogP contribution in [-0.2, 0) is 21.2 Å². The summed E-state index contributed by atoms with van der Waals surface area (Å²) in [6.07, 6.45) is 4.86. The fourth-order valence-electron chi connectivity index (χ4n) is 5.06. The molecule has 0 bridgehead atoms. The van der Waals surface area contributed by atoms with Crippen molar-refractivity contribution in [2.75, 3.05) is 42.9 Å². The molecule has 7 nitrogen and oxygen atoms in total. The van der Waals surface area contributed by atoms with E-state index in [2.05, 4.69) is 32.8 Å². The third-order valence-corrected chi connectivity index (χ3v) is 8.62. The van der Waals surface area contributed by atoms with E-state index in [0.717, 1.165) is 70.4 Å². The summed E-state index contributed by atoms with van der Waals surface area (Å²) in [5.74, 6) is -0.0892. The van der Waals surface area contributed by atoms with Crippen LogP contribution in [0.2, 0.25) is 0 Å². The van der Waals surface area contributed by atoms with E-state index in [4.69, 9.17) is 0 Å². The molecule has 2 aliphatic rings. The minimum atomic E-state index is -3.83. The summed E-state index contributed by atoms with van der Waals surface area (Å²) in [6.45, 7) is 8.51. The van der Waals surface area contributed by atoms with Crippen LogP contribution in [0.25, 0.3) is 0 Å². The Balaban J connectivity index is 1.64. The zero-order chi connectivity index (χ0) is 24.8. The molecule has 35 heavy (non-hydrogen) atoms. The zero-order valence-corrected chi connectivity index (χ0v) is 21.7. The topological polar surface area (TPSA) is 81.8 Å². The number of hydrogen-bond acceptors (Lipinski definition) is 5. The third kappa shape index (κ3) is 6.23. The summed E-state index contributed by atoms with van der Waals surface area (Å²) in [7, 11) is -3.83. The normalized spacial score (nSPS) is 18.8. The first-order chi connectivity index (χ1) is 16.9. The average Bonchev–Trinajstić information content (AvgIpc) is 2.87. The van der Waals surface area contributed by atoms with Gasteiger partial charge in [-0.3, -0.25) is 4.79 Å². The Labute approximate surface area is 209 Å². The van der Waals surface area contributed by atoms with Crippen molar-refractivity contribution in [1.29, 1.82) is 0 Å². The molecule has 4 rings (SSSR count). The monoisotopic (exact) mass is 498 g/mol. The molecule has 1 fully saturated rings. The van der Waals surface area contributed by atoms with Gasteiger partial charge in [0, 0.05) is 44.3 Å². The van der Waals surface area contributed by atoms with Gasteiger partial charge < -0.3 is 15.1 Å². The number of anilines is 2. The van der Waals surface area contributed by atoms with Gasteiger partial charge in [0.2, 0.25) is 15.9 Å². The Morgan fingerprint density at radius 1 is 1.06 bits per heavy atom. The van der Waals surface area contributed by atoms with Crippen molar-refractivity contribution in [3.05, 3.63) is 53.6 Å². The first-order valence-corrected chi connectivity index (χ1v) is 14.4. The summed E-state index contributed by atoms with van der Waals surface area (Å²) < 4.78 is 30.7. The third-order valence-electron chi connectivity index (χ3n) is 7.12. The molecule has 1 unspecified atom stereocenters. The number of benzene rings is 2. The lowest BCUT2D eigenvalue weighted by Gasteiger charge is -2.36. The van der Waals surface area contributed by atoms with E-state index in [1.807, 2.05) is 37.3 Å². The molecule has 1 heterocycles. The molecule has 1 aliphatic heterocycles. The van der Waals surface area contributed by atoms with Gasteiger partial charge in [-0.2, -0.15) is 0 Å². The number of rotatable bonds is 9. The highest BCUT2D eigenvalue weighted by molar-refractivity contribution is 7.89. The highest BCUT2D eigenvalue weighted by atomic mass is 32.2. The number of sulfonamides is 1. The van der Waals surface area contributed by atoms with Gasteiger partial charge in [0.05, 0.1) is 5.69 Å². The maximum atomic E-state index is 13.8. The molecule has 1 amide bonds. The second-order valence-electron chi connectivity index (χ2n) is 9.52. The van der Waals surface area contributed by atoms with Crippen molar-refractivity contribution in [1.82, 2.24) is 9.62 Å². The van der Waals surface area contributed by atoms with E-state index >= 15 is 0 Å². The Morgan fingerprint density at radius 3 is 2.57 bits per heavy atom. The minimum Gasteiger partial charge on any atom is -0.368 e. The minimum absolute atomic E-state index is 0.0892. The number of unbranched alkanes of at least 4 members (excludes halogenated alkanes) is 1. The fourth-order valence-corrected chi connectivity index (χ4v) is 6.56. The average molecular weight is 499 g/mol. The van der Waals surface area contributed by atoms with Crippen LogP contribution >= 0.6 is 0 Å². The molecule has 2 N–H and O–H groups in total. The summed E-state index contributed by atoms with van der Waals surface area (Å²) in [5.41, 5.74) is 3.49. The number of hydrogen-bond donors (Lipinski definition) is 2. The number of amides is 1. The van der Waals surface area contributed by atoms with E-state index in [9.17, 15) is 13.2 Å². The second-order valence-corrected chi connectivity index (χ2v) is 11.2. The number of likely N-dealkylation sites (N-methyl/N-ethyl adjacent to an activating group) is 1. The predicted molar refractivity (Wildman–Crippen MR) is 141 cm³/mol. The van der Waals surface area contributed by atoms with Crippen molar-refractivity contribution in [2.24, 2.45) is 0 Å². The van der Waals surface area contributed by atoms with Gasteiger partial charge in [0.1, 0.15) is 4.90 Å². The van der Waals surface area contributed by atoms with Crippen molar-refractivity contribution in [3.63, 3.8) is 0 Å². The molecule has 1 saturated heterocycles. The van der Waals surface area contributed by atoms with Crippen LogP contribution < -0.4 is 14.9 Å². The smallest absolute Gasteiger partial charge is 0.243 e. The highest BCUT2D eigenvalue weighted by Crippen LogP contribution is 2.34. The number of carbonyl (C=O) groups is 1. The largest absolute Gasteiger partial charge is 0.368 e. The van der Waals surface area contributed by atoms with Crippen molar-refractivity contribution in [2.45, 2.75) is 63.3 Å². The van der Waals surface area contributed by atoms with E-state index in [1.54, 1.807) is 6.07 Å². The molecule has 0 aromatic heterocycles. The van der Waals surface area contributed by atoms with E-state index in [1.165, 1.54) is 5.56 Å². The molecule has 8 heteroatoms. The Bertz CT molecular complexity index is 1130. The number of nitrogens with one attached hydrogen (secondary N) is 2. The van der Waals surface area contributed by atoms with Gasteiger partial charge in [-0.25, -0.2) is 13.1 Å². The van der Waals surface area contributed by atoms with Crippen molar-refractivity contribution >= 4 is 27.3 Å². The molecule has 0 spiro atoms.